The number of hydrogen-bond acceptors (Lipinski definition) is 4. The number of halogens is 1. The molecule has 0 aliphatic heterocycles. The van der Waals surface area contributed by atoms with E-state index in [1.807, 2.05) is 32.0 Å². The first-order valence-corrected chi connectivity index (χ1v) is 8.58. The number of ether oxygens (including phenoxy) is 1. The Bertz CT molecular complexity index is 975. The predicted octanol–water partition coefficient (Wildman–Crippen LogP) is 4.88. The molecular formula is C21H21FN2O3. The van der Waals surface area contributed by atoms with Gasteiger partial charge in [-0.3, -0.25) is 4.79 Å². The summed E-state index contributed by atoms with van der Waals surface area (Å²) in [6.45, 7) is 7.54. The van der Waals surface area contributed by atoms with Crippen LogP contribution in [0.4, 0.5) is 10.1 Å². The number of rotatable bonds is 5. The predicted molar refractivity (Wildman–Crippen MR) is 101 cm³/mol. The van der Waals surface area contributed by atoms with Gasteiger partial charge in [-0.25, -0.2) is 4.39 Å². The monoisotopic (exact) mass is 368 g/mol. The first-order valence-electron chi connectivity index (χ1n) is 8.58. The maximum atomic E-state index is 13.2. The van der Waals surface area contributed by atoms with Crippen LogP contribution in [0.25, 0.3) is 0 Å². The third-order valence-electron chi connectivity index (χ3n) is 4.41. The molecule has 2 aromatic carbocycles. The number of nitrogens with one attached hydrogen (secondary N) is 1. The number of nitrogens with zero attached hydrogens (tertiary/aromatic N) is 1. The van der Waals surface area contributed by atoms with E-state index >= 15 is 0 Å². The van der Waals surface area contributed by atoms with Crippen LogP contribution in [-0.4, -0.2) is 11.1 Å². The van der Waals surface area contributed by atoms with Crippen molar-refractivity contribution in [2.45, 2.75) is 34.3 Å². The maximum absolute atomic E-state index is 13.2. The van der Waals surface area contributed by atoms with E-state index in [1.165, 1.54) is 18.2 Å². The summed E-state index contributed by atoms with van der Waals surface area (Å²) in [6, 6.07) is 10.1. The van der Waals surface area contributed by atoms with E-state index in [1.54, 1.807) is 13.8 Å². The van der Waals surface area contributed by atoms with Crippen LogP contribution in [-0.2, 0) is 6.61 Å². The van der Waals surface area contributed by atoms with Crippen molar-refractivity contribution >= 4 is 11.6 Å². The van der Waals surface area contributed by atoms with Gasteiger partial charge in [0.2, 0.25) is 0 Å². The summed E-state index contributed by atoms with van der Waals surface area (Å²) in [6.07, 6.45) is 0. The number of aryl methyl sites for hydroxylation is 4. The Labute approximate surface area is 157 Å². The number of carbonyl (C=O) groups excluding carboxylic acids is 1. The zero-order valence-electron chi connectivity index (χ0n) is 15.7. The number of aromatic nitrogens is 1. The Kier molecular flexibility index (Phi) is 5.26. The fraction of sp³-hybridized carbons (Fsp3) is 0.238. The van der Waals surface area contributed by atoms with E-state index in [-0.39, 0.29) is 18.1 Å². The molecule has 0 saturated heterocycles. The lowest BCUT2D eigenvalue weighted by molar-refractivity contribution is 0.101. The zero-order chi connectivity index (χ0) is 19.6. The van der Waals surface area contributed by atoms with Crippen LogP contribution in [0.2, 0.25) is 0 Å². The Morgan fingerprint density at radius 2 is 1.81 bits per heavy atom. The number of carbonyl (C=O) groups is 1. The summed E-state index contributed by atoms with van der Waals surface area (Å²) < 4.78 is 24.4. The van der Waals surface area contributed by atoms with Crippen molar-refractivity contribution < 1.29 is 18.4 Å². The molecule has 3 rings (SSSR count). The summed E-state index contributed by atoms with van der Waals surface area (Å²) in [5.41, 5.74) is 3.90. The highest BCUT2D eigenvalue weighted by Crippen LogP contribution is 2.25. The lowest BCUT2D eigenvalue weighted by Gasteiger charge is -2.12. The highest BCUT2D eigenvalue weighted by molar-refractivity contribution is 6.04. The fourth-order valence-corrected chi connectivity index (χ4v) is 2.86. The molecule has 140 valence electrons. The number of para-hydroxylation sites is 1. The molecule has 0 bridgehead atoms. The number of hydrogen-bond donors (Lipinski definition) is 1. The topological polar surface area (TPSA) is 64.4 Å². The van der Waals surface area contributed by atoms with Gasteiger partial charge in [0.05, 0.1) is 5.56 Å². The van der Waals surface area contributed by atoms with E-state index < -0.39 is 5.91 Å². The molecule has 0 unspecified atom stereocenters. The third-order valence-corrected chi connectivity index (χ3v) is 4.41. The second-order valence-electron chi connectivity index (χ2n) is 6.49. The van der Waals surface area contributed by atoms with Crippen molar-refractivity contribution in [1.82, 2.24) is 5.16 Å². The average molecular weight is 368 g/mol. The summed E-state index contributed by atoms with van der Waals surface area (Å²) in [5.74, 6) is 0.508. The van der Waals surface area contributed by atoms with E-state index in [2.05, 4.69) is 10.5 Å². The van der Waals surface area contributed by atoms with Gasteiger partial charge in [-0.2, -0.15) is 0 Å². The highest BCUT2D eigenvalue weighted by Gasteiger charge is 2.21. The average Bonchev–Trinajstić information content (AvgIpc) is 2.98. The number of benzene rings is 2. The van der Waals surface area contributed by atoms with Crippen LogP contribution in [0.1, 0.15) is 38.5 Å². The standard InChI is InChI=1S/C21H21FN2O3/c1-12-6-5-7-13(2)20(12)26-11-17-15(4)27-24-19(17)21(25)23-18-9-8-16(22)10-14(18)3/h5-10H,11H2,1-4H3,(H,23,25). The van der Waals surface area contributed by atoms with E-state index in [0.717, 1.165) is 16.9 Å². The molecular weight excluding hydrogens is 347 g/mol. The van der Waals surface area contributed by atoms with Gasteiger partial charge in [-0.1, -0.05) is 23.4 Å². The van der Waals surface area contributed by atoms with Gasteiger partial charge < -0.3 is 14.6 Å². The normalized spacial score (nSPS) is 10.7. The molecule has 0 aliphatic rings. The molecule has 0 aliphatic carbocycles. The number of anilines is 1. The molecule has 1 amide bonds. The van der Waals surface area contributed by atoms with Crippen molar-refractivity contribution in [2.75, 3.05) is 5.32 Å². The van der Waals surface area contributed by atoms with Gasteiger partial charge in [-0.05, 0) is 62.6 Å². The van der Waals surface area contributed by atoms with Crippen molar-refractivity contribution in [3.63, 3.8) is 0 Å². The van der Waals surface area contributed by atoms with Gasteiger partial charge in [0.1, 0.15) is 23.9 Å². The molecule has 0 radical (unpaired) electrons. The van der Waals surface area contributed by atoms with Gasteiger partial charge in [0, 0.05) is 5.69 Å². The van der Waals surface area contributed by atoms with Crippen LogP contribution >= 0.6 is 0 Å². The smallest absolute Gasteiger partial charge is 0.278 e. The van der Waals surface area contributed by atoms with Crippen molar-refractivity contribution in [3.8, 4) is 5.75 Å². The summed E-state index contributed by atoms with van der Waals surface area (Å²) in [4.78, 5) is 12.6. The molecule has 1 heterocycles. The van der Waals surface area contributed by atoms with Gasteiger partial charge in [0.25, 0.3) is 5.91 Å². The largest absolute Gasteiger partial charge is 0.488 e. The van der Waals surface area contributed by atoms with Crippen LogP contribution in [0.3, 0.4) is 0 Å². The van der Waals surface area contributed by atoms with Gasteiger partial charge in [0.15, 0.2) is 5.69 Å². The minimum absolute atomic E-state index is 0.155. The molecule has 6 heteroatoms. The molecule has 5 nitrogen and oxygen atoms in total. The Morgan fingerprint density at radius 1 is 1.11 bits per heavy atom. The minimum Gasteiger partial charge on any atom is -0.488 e. The molecule has 0 atom stereocenters. The van der Waals surface area contributed by atoms with Crippen LogP contribution in [0.5, 0.6) is 5.75 Å². The van der Waals surface area contributed by atoms with Crippen molar-refractivity contribution in [2.24, 2.45) is 0 Å². The molecule has 0 saturated carbocycles. The third kappa shape index (κ3) is 4.00. The molecule has 27 heavy (non-hydrogen) atoms. The molecule has 1 aromatic heterocycles. The first-order chi connectivity index (χ1) is 12.9. The summed E-state index contributed by atoms with van der Waals surface area (Å²) in [5, 5.41) is 6.62. The van der Waals surface area contributed by atoms with Crippen LogP contribution in [0.15, 0.2) is 40.9 Å². The molecule has 1 N–H and O–H groups in total. The lowest BCUT2D eigenvalue weighted by atomic mass is 10.1. The Morgan fingerprint density at radius 3 is 2.48 bits per heavy atom. The summed E-state index contributed by atoms with van der Waals surface area (Å²) in [7, 11) is 0. The second-order valence-corrected chi connectivity index (χ2v) is 6.49. The zero-order valence-corrected chi connectivity index (χ0v) is 15.7. The SMILES string of the molecule is Cc1cc(F)ccc1NC(=O)c1noc(C)c1COc1c(C)cccc1C. The molecule has 0 fully saturated rings. The molecule has 3 aromatic rings. The van der Waals surface area contributed by atoms with Crippen LogP contribution in [0, 0.1) is 33.5 Å². The summed E-state index contributed by atoms with van der Waals surface area (Å²) >= 11 is 0. The van der Waals surface area contributed by atoms with Gasteiger partial charge in [-0.15, -0.1) is 0 Å². The minimum atomic E-state index is -0.429. The van der Waals surface area contributed by atoms with E-state index in [0.29, 0.717) is 22.6 Å². The Hall–Kier alpha value is -3.15. The van der Waals surface area contributed by atoms with Crippen LogP contribution < -0.4 is 10.1 Å². The van der Waals surface area contributed by atoms with E-state index in [4.69, 9.17) is 9.26 Å². The first kappa shape index (κ1) is 18.6. The van der Waals surface area contributed by atoms with Gasteiger partial charge >= 0.3 is 0 Å². The lowest BCUT2D eigenvalue weighted by Crippen LogP contribution is -2.16. The van der Waals surface area contributed by atoms with Crippen molar-refractivity contribution in [3.05, 3.63) is 75.9 Å². The number of amides is 1. The highest BCUT2D eigenvalue weighted by atomic mass is 19.1. The quantitative estimate of drug-likeness (QED) is 0.697. The second kappa shape index (κ2) is 7.61. The fourth-order valence-electron chi connectivity index (χ4n) is 2.86. The molecule has 0 spiro atoms. The van der Waals surface area contributed by atoms with Crippen molar-refractivity contribution in [1.29, 1.82) is 0 Å². The maximum Gasteiger partial charge on any atom is 0.278 e. The Balaban J connectivity index is 1.80. The van der Waals surface area contributed by atoms with E-state index in [9.17, 15) is 9.18 Å².